The van der Waals surface area contributed by atoms with Gasteiger partial charge < -0.3 is 10.5 Å². The zero-order chi connectivity index (χ0) is 13.1. The van der Waals surface area contributed by atoms with Crippen LogP contribution in [0, 0.1) is 6.92 Å². The Hall–Kier alpha value is -1.81. The highest BCUT2D eigenvalue weighted by Crippen LogP contribution is 2.23. The third kappa shape index (κ3) is 2.54. The van der Waals surface area contributed by atoms with Crippen molar-refractivity contribution in [3.05, 3.63) is 47.3 Å². The molecule has 0 radical (unpaired) electrons. The summed E-state index contributed by atoms with van der Waals surface area (Å²) in [6, 6.07) is 9.72. The highest BCUT2D eigenvalue weighted by atomic mass is 16.5. The molecule has 0 fully saturated rings. The number of nitrogens with zero attached hydrogens (tertiary/aromatic N) is 2. The third-order valence-corrected chi connectivity index (χ3v) is 2.89. The fourth-order valence-electron chi connectivity index (χ4n) is 2.06. The van der Waals surface area contributed by atoms with Gasteiger partial charge in [0, 0.05) is 7.05 Å². The normalized spacial score (nSPS) is 12.4. The minimum Gasteiger partial charge on any atom is -0.494 e. The molecule has 4 nitrogen and oxygen atoms in total. The summed E-state index contributed by atoms with van der Waals surface area (Å²) in [5.41, 5.74) is 9.29. The van der Waals surface area contributed by atoms with Crippen LogP contribution >= 0.6 is 0 Å². The van der Waals surface area contributed by atoms with Crippen molar-refractivity contribution in [2.24, 2.45) is 12.8 Å². The zero-order valence-corrected chi connectivity index (χ0v) is 11.1. The molecule has 2 rings (SSSR count). The van der Waals surface area contributed by atoms with E-state index in [9.17, 15) is 0 Å². The van der Waals surface area contributed by atoms with Gasteiger partial charge in [-0.25, -0.2) is 0 Å². The summed E-state index contributed by atoms with van der Waals surface area (Å²) in [6.07, 6.45) is 0. The van der Waals surface area contributed by atoms with Crippen LogP contribution < -0.4 is 10.5 Å². The second kappa shape index (κ2) is 5.23. The van der Waals surface area contributed by atoms with Crippen LogP contribution in [-0.2, 0) is 7.05 Å². The molecule has 0 saturated carbocycles. The van der Waals surface area contributed by atoms with E-state index in [4.69, 9.17) is 10.5 Å². The third-order valence-electron chi connectivity index (χ3n) is 2.89. The van der Waals surface area contributed by atoms with Crippen LogP contribution in [0.1, 0.15) is 29.9 Å². The molecule has 18 heavy (non-hydrogen) atoms. The maximum Gasteiger partial charge on any atom is 0.119 e. The van der Waals surface area contributed by atoms with E-state index in [2.05, 4.69) is 5.10 Å². The molecule has 1 aromatic carbocycles. The van der Waals surface area contributed by atoms with Gasteiger partial charge in [-0.2, -0.15) is 5.10 Å². The van der Waals surface area contributed by atoms with Crippen molar-refractivity contribution in [3.8, 4) is 5.75 Å². The van der Waals surface area contributed by atoms with Gasteiger partial charge in [0.05, 0.1) is 24.0 Å². The maximum atomic E-state index is 6.28. The first-order valence-corrected chi connectivity index (χ1v) is 6.10. The fourth-order valence-corrected chi connectivity index (χ4v) is 2.06. The summed E-state index contributed by atoms with van der Waals surface area (Å²) < 4.78 is 7.32. The molecule has 0 amide bonds. The molecule has 0 aliphatic carbocycles. The standard InChI is InChI=1S/C14H19N3O/c1-4-18-12-7-5-6-11(9-12)14(15)13-8-10(2)16-17(13)3/h5-9,14H,4,15H2,1-3H3. The lowest BCUT2D eigenvalue weighted by Gasteiger charge is -2.13. The quantitative estimate of drug-likeness (QED) is 0.898. The van der Waals surface area contributed by atoms with Crippen molar-refractivity contribution in [3.63, 3.8) is 0 Å². The lowest BCUT2D eigenvalue weighted by Crippen LogP contribution is -2.15. The summed E-state index contributed by atoms with van der Waals surface area (Å²) in [7, 11) is 1.91. The average molecular weight is 245 g/mol. The summed E-state index contributed by atoms with van der Waals surface area (Å²) in [4.78, 5) is 0. The largest absolute Gasteiger partial charge is 0.494 e. The van der Waals surface area contributed by atoms with Gasteiger partial charge in [0.15, 0.2) is 0 Å². The van der Waals surface area contributed by atoms with E-state index < -0.39 is 0 Å². The molecule has 0 spiro atoms. The molecule has 1 heterocycles. The number of benzene rings is 1. The van der Waals surface area contributed by atoms with E-state index in [0.717, 1.165) is 22.7 Å². The van der Waals surface area contributed by atoms with Gasteiger partial charge in [0.1, 0.15) is 5.75 Å². The van der Waals surface area contributed by atoms with Crippen LogP contribution in [0.25, 0.3) is 0 Å². The first-order chi connectivity index (χ1) is 8.61. The van der Waals surface area contributed by atoms with Crippen LogP contribution in [0.4, 0.5) is 0 Å². The van der Waals surface area contributed by atoms with E-state index in [-0.39, 0.29) is 6.04 Å². The van der Waals surface area contributed by atoms with Gasteiger partial charge >= 0.3 is 0 Å². The molecular formula is C14H19N3O. The van der Waals surface area contributed by atoms with Crippen LogP contribution in [0.3, 0.4) is 0 Å². The summed E-state index contributed by atoms with van der Waals surface area (Å²) in [5.74, 6) is 0.851. The molecule has 2 aromatic rings. The van der Waals surface area contributed by atoms with Crippen molar-refractivity contribution < 1.29 is 4.74 Å². The molecule has 4 heteroatoms. The van der Waals surface area contributed by atoms with Crippen molar-refractivity contribution in [1.29, 1.82) is 0 Å². The van der Waals surface area contributed by atoms with Crippen molar-refractivity contribution >= 4 is 0 Å². The second-order valence-electron chi connectivity index (χ2n) is 4.32. The van der Waals surface area contributed by atoms with Crippen molar-refractivity contribution in [2.75, 3.05) is 6.61 Å². The summed E-state index contributed by atoms with van der Waals surface area (Å²) in [5, 5.41) is 4.32. The topological polar surface area (TPSA) is 53.1 Å². The van der Waals surface area contributed by atoms with Crippen LogP contribution in [0.2, 0.25) is 0 Å². The van der Waals surface area contributed by atoms with Crippen LogP contribution in [0.15, 0.2) is 30.3 Å². The number of rotatable bonds is 4. The maximum absolute atomic E-state index is 6.28. The molecule has 0 aliphatic rings. The van der Waals surface area contributed by atoms with Gasteiger partial charge in [0.25, 0.3) is 0 Å². The van der Waals surface area contributed by atoms with E-state index in [1.807, 2.05) is 55.9 Å². The highest BCUT2D eigenvalue weighted by Gasteiger charge is 2.14. The molecule has 1 unspecified atom stereocenters. The Kier molecular flexibility index (Phi) is 3.67. The zero-order valence-electron chi connectivity index (χ0n) is 11.1. The van der Waals surface area contributed by atoms with E-state index in [1.54, 1.807) is 0 Å². The van der Waals surface area contributed by atoms with Gasteiger partial charge in [-0.15, -0.1) is 0 Å². The molecule has 96 valence electrons. The van der Waals surface area contributed by atoms with Gasteiger partial charge in [-0.1, -0.05) is 12.1 Å². The molecule has 1 atom stereocenters. The fraction of sp³-hybridized carbons (Fsp3) is 0.357. The molecule has 2 N–H and O–H groups in total. The lowest BCUT2D eigenvalue weighted by molar-refractivity contribution is 0.339. The van der Waals surface area contributed by atoms with E-state index in [1.165, 1.54) is 0 Å². The van der Waals surface area contributed by atoms with Gasteiger partial charge in [-0.3, -0.25) is 4.68 Å². The summed E-state index contributed by atoms with van der Waals surface area (Å²) in [6.45, 7) is 4.59. The molecule has 1 aromatic heterocycles. The number of nitrogens with two attached hydrogens (primary N) is 1. The lowest BCUT2D eigenvalue weighted by atomic mass is 10.0. The number of aryl methyl sites for hydroxylation is 2. The number of aromatic nitrogens is 2. The SMILES string of the molecule is CCOc1cccc(C(N)c2cc(C)nn2C)c1. The predicted molar refractivity (Wildman–Crippen MR) is 71.6 cm³/mol. The summed E-state index contributed by atoms with van der Waals surface area (Å²) >= 11 is 0. The number of hydrogen-bond acceptors (Lipinski definition) is 3. The van der Waals surface area contributed by atoms with Crippen LogP contribution in [0.5, 0.6) is 5.75 Å². The molecule has 0 aliphatic heterocycles. The van der Waals surface area contributed by atoms with E-state index in [0.29, 0.717) is 6.61 Å². The first kappa shape index (κ1) is 12.6. The molecule has 0 saturated heterocycles. The van der Waals surface area contributed by atoms with Crippen molar-refractivity contribution in [1.82, 2.24) is 9.78 Å². The van der Waals surface area contributed by atoms with Gasteiger partial charge in [-0.05, 0) is 37.6 Å². The highest BCUT2D eigenvalue weighted by molar-refractivity contribution is 5.34. The molecular weight excluding hydrogens is 226 g/mol. The van der Waals surface area contributed by atoms with Gasteiger partial charge in [0.2, 0.25) is 0 Å². The smallest absolute Gasteiger partial charge is 0.119 e. The Morgan fingerprint density at radius 2 is 2.17 bits per heavy atom. The number of hydrogen-bond donors (Lipinski definition) is 1. The average Bonchev–Trinajstić information content (AvgIpc) is 2.68. The number of ether oxygens (including phenoxy) is 1. The Bertz CT molecular complexity index is 534. The Morgan fingerprint density at radius 3 is 2.78 bits per heavy atom. The van der Waals surface area contributed by atoms with E-state index >= 15 is 0 Å². The predicted octanol–water partition coefficient (Wildman–Crippen LogP) is 2.18. The minimum atomic E-state index is -0.184. The Morgan fingerprint density at radius 1 is 1.39 bits per heavy atom. The second-order valence-corrected chi connectivity index (χ2v) is 4.32. The minimum absolute atomic E-state index is 0.184. The monoisotopic (exact) mass is 245 g/mol. The molecule has 0 bridgehead atoms. The first-order valence-electron chi connectivity index (χ1n) is 6.10. The Balaban J connectivity index is 2.30. The van der Waals surface area contributed by atoms with Crippen LogP contribution in [-0.4, -0.2) is 16.4 Å². The van der Waals surface area contributed by atoms with Crippen molar-refractivity contribution in [2.45, 2.75) is 19.9 Å². The Labute approximate surface area is 107 Å².